The van der Waals surface area contributed by atoms with E-state index in [-0.39, 0.29) is 37.1 Å². The molecule has 2 heterocycles. The van der Waals surface area contributed by atoms with Crippen LogP contribution in [0.2, 0.25) is 0 Å². The van der Waals surface area contributed by atoms with Gasteiger partial charge in [-0.3, -0.25) is 4.79 Å². The second kappa shape index (κ2) is 9.78. The van der Waals surface area contributed by atoms with Gasteiger partial charge in [0, 0.05) is 17.5 Å². The topological polar surface area (TPSA) is 81.2 Å². The molecule has 0 saturated carbocycles. The van der Waals surface area contributed by atoms with Crippen LogP contribution in [-0.2, 0) is 11.2 Å². The van der Waals surface area contributed by atoms with Crippen molar-refractivity contribution in [2.75, 3.05) is 13.1 Å². The number of nitrogens with two attached hydrogens (primary N) is 1. The van der Waals surface area contributed by atoms with Crippen molar-refractivity contribution in [1.29, 1.82) is 0 Å². The number of carbonyl (C=O) groups excluding carboxylic acids is 1. The number of nitrogens with one attached hydrogen (secondary N) is 1. The Morgan fingerprint density at radius 3 is 2.86 bits per heavy atom. The lowest BCUT2D eigenvalue weighted by Gasteiger charge is -2.02. The Balaban J connectivity index is 0.00000200. The Morgan fingerprint density at radius 1 is 1.48 bits per heavy atom. The van der Waals surface area contributed by atoms with Crippen LogP contribution in [0.3, 0.4) is 0 Å². The smallest absolute Gasteiger partial charge is 0.227 e. The van der Waals surface area contributed by atoms with E-state index >= 15 is 0 Å². The fourth-order valence-electron chi connectivity index (χ4n) is 1.65. The monoisotopic (exact) mass is 351 g/mol. The van der Waals surface area contributed by atoms with E-state index < -0.39 is 0 Å². The molecule has 2 rings (SSSR count). The zero-order valence-electron chi connectivity index (χ0n) is 11.6. The zero-order chi connectivity index (χ0) is 13.7. The van der Waals surface area contributed by atoms with Gasteiger partial charge in [0.2, 0.25) is 11.8 Å². The summed E-state index contributed by atoms with van der Waals surface area (Å²) in [6.07, 6.45) is 1.02. The first kappa shape index (κ1) is 19.9. The van der Waals surface area contributed by atoms with E-state index in [0.717, 1.165) is 12.0 Å². The highest BCUT2D eigenvalue weighted by molar-refractivity contribution is 7.08. The SMILES string of the molecule is Cc1oc(-c2ccsc2)nc1CC(=O)NCCCN.Cl.Cl. The third kappa shape index (κ3) is 5.67. The molecule has 3 N–H and O–H groups in total. The van der Waals surface area contributed by atoms with E-state index in [4.69, 9.17) is 10.2 Å². The van der Waals surface area contributed by atoms with E-state index in [0.29, 0.717) is 30.4 Å². The molecule has 0 aliphatic rings. The van der Waals surface area contributed by atoms with Crippen LogP contribution in [-0.4, -0.2) is 24.0 Å². The number of nitrogens with zero attached hydrogens (tertiary/aromatic N) is 1. The molecular weight excluding hydrogens is 333 g/mol. The van der Waals surface area contributed by atoms with Crippen molar-refractivity contribution in [3.63, 3.8) is 0 Å². The fourth-order valence-corrected chi connectivity index (χ4v) is 2.28. The Kier molecular flexibility index (Phi) is 9.28. The first-order chi connectivity index (χ1) is 9.20. The van der Waals surface area contributed by atoms with Crippen molar-refractivity contribution >= 4 is 42.1 Å². The second-order valence-corrected chi connectivity index (χ2v) is 4.98. The summed E-state index contributed by atoms with van der Waals surface area (Å²) in [7, 11) is 0. The highest BCUT2D eigenvalue weighted by Gasteiger charge is 2.14. The van der Waals surface area contributed by atoms with Crippen molar-refractivity contribution in [3.8, 4) is 11.5 Å². The summed E-state index contributed by atoms with van der Waals surface area (Å²) in [6.45, 7) is 3.00. The summed E-state index contributed by atoms with van der Waals surface area (Å²) in [5.74, 6) is 1.21. The molecular formula is C13H19Cl2N3O2S. The molecule has 21 heavy (non-hydrogen) atoms. The quantitative estimate of drug-likeness (QED) is 0.783. The van der Waals surface area contributed by atoms with E-state index in [1.807, 2.05) is 23.8 Å². The standard InChI is InChI=1S/C13H17N3O2S.2ClH/c1-9-11(7-12(17)15-5-2-4-14)16-13(18-9)10-3-6-19-8-10;;/h3,6,8H,2,4-5,7,14H2,1H3,(H,15,17);2*1H. The van der Waals surface area contributed by atoms with E-state index in [1.54, 1.807) is 11.3 Å². The van der Waals surface area contributed by atoms with Crippen molar-refractivity contribution in [3.05, 3.63) is 28.3 Å². The second-order valence-electron chi connectivity index (χ2n) is 4.20. The molecule has 118 valence electrons. The minimum atomic E-state index is -0.0540. The van der Waals surface area contributed by atoms with Gasteiger partial charge in [-0.25, -0.2) is 4.98 Å². The van der Waals surface area contributed by atoms with Gasteiger partial charge < -0.3 is 15.5 Å². The lowest BCUT2D eigenvalue weighted by atomic mass is 10.2. The minimum absolute atomic E-state index is 0. The van der Waals surface area contributed by atoms with Crippen LogP contribution in [0, 0.1) is 6.92 Å². The molecule has 0 atom stereocenters. The van der Waals surface area contributed by atoms with Crippen molar-refractivity contribution < 1.29 is 9.21 Å². The van der Waals surface area contributed by atoms with Gasteiger partial charge >= 0.3 is 0 Å². The maximum atomic E-state index is 11.7. The third-order valence-electron chi connectivity index (χ3n) is 2.69. The molecule has 0 aromatic carbocycles. The number of amides is 1. The fraction of sp³-hybridized carbons (Fsp3) is 0.385. The molecule has 0 fully saturated rings. The lowest BCUT2D eigenvalue weighted by Crippen LogP contribution is -2.27. The van der Waals surface area contributed by atoms with Crippen molar-refractivity contribution in [2.24, 2.45) is 5.73 Å². The highest BCUT2D eigenvalue weighted by Crippen LogP contribution is 2.23. The predicted octanol–water partition coefficient (Wildman–Crippen LogP) is 2.56. The molecule has 5 nitrogen and oxygen atoms in total. The maximum Gasteiger partial charge on any atom is 0.227 e. The minimum Gasteiger partial charge on any atom is -0.441 e. The molecule has 0 bridgehead atoms. The number of rotatable bonds is 6. The van der Waals surface area contributed by atoms with E-state index in [9.17, 15) is 4.79 Å². The Morgan fingerprint density at radius 2 is 2.24 bits per heavy atom. The largest absolute Gasteiger partial charge is 0.441 e. The number of halogens is 2. The van der Waals surface area contributed by atoms with E-state index in [1.165, 1.54) is 0 Å². The summed E-state index contributed by atoms with van der Waals surface area (Å²) in [5.41, 5.74) is 7.00. The van der Waals surface area contributed by atoms with E-state index in [2.05, 4.69) is 10.3 Å². The average Bonchev–Trinajstić information content (AvgIpc) is 3.00. The summed E-state index contributed by atoms with van der Waals surface area (Å²) in [6, 6.07) is 1.95. The number of aromatic nitrogens is 1. The van der Waals surface area contributed by atoms with Crippen molar-refractivity contribution in [1.82, 2.24) is 10.3 Å². The Hall–Kier alpha value is -1.08. The number of thiophene rings is 1. The van der Waals surface area contributed by atoms with Gasteiger partial charge in [-0.1, -0.05) is 0 Å². The predicted molar refractivity (Wildman–Crippen MR) is 89.4 cm³/mol. The summed E-state index contributed by atoms with van der Waals surface area (Å²) >= 11 is 1.59. The Bertz CT molecular complexity index is 544. The number of carbonyl (C=O) groups is 1. The molecule has 0 aliphatic heterocycles. The van der Waals surface area contributed by atoms with Gasteiger partial charge in [0.1, 0.15) is 5.76 Å². The molecule has 0 spiro atoms. The van der Waals surface area contributed by atoms with Gasteiger partial charge in [-0.15, -0.1) is 24.8 Å². The highest BCUT2D eigenvalue weighted by atomic mass is 35.5. The van der Waals surface area contributed by atoms with Crippen LogP contribution >= 0.6 is 36.2 Å². The van der Waals surface area contributed by atoms with Crippen molar-refractivity contribution in [2.45, 2.75) is 19.8 Å². The molecule has 2 aromatic rings. The van der Waals surface area contributed by atoms with Gasteiger partial charge in [-0.05, 0) is 31.3 Å². The number of hydrogen-bond acceptors (Lipinski definition) is 5. The van der Waals surface area contributed by atoms with Gasteiger partial charge in [-0.2, -0.15) is 11.3 Å². The van der Waals surface area contributed by atoms with Crippen LogP contribution in [0.25, 0.3) is 11.5 Å². The van der Waals surface area contributed by atoms with Gasteiger partial charge in [0.05, 0.1) is 12.1 Å². The summed E-state index contributed by atoms with van der Waals surface area (Å²) in [4.78, 5) is 16.1. The number of oxazole rings is 1. The first-order valence-corrected chi connectivity index (χ1v) is 7.10. The third-order valence-corrected chi connectivity index (χ3v) is 3.38. The normalized spacial score (nSPS) is 9.62. The van der Waals surface area contributed by atoms with Crippen LogP contribution in [0.15, 0.2) is 21.2 Å². The maximum absolute atomic E-state index is 11.7. The van der Waals surface area contributed by atoms with Crippen LogP contribution < -0.4 is 11.1 Å². The van der Waals surface area contributed by atoms with Gasteiger partial charge in [0.25, 0.3) is 0 Å². The molecule has 2 aromatic heterocycles. The molecule has 0 saturated heterocycles. The Labute approximate surface area is 140 Å². The molecule has 0 aliphatic carbocycles. The lowest BCUT2D eigenvalue weighted by molar-refractivity contribution is -0.120. The van der Waals surface area contributed by atoms with Crippen LogP contribution in [0.1, 0.15) is 17.9 Å². The summed E-state index contributed by atoms with van der Waals surface area (Å²) < 4.78 is 5.58. The van der Waals surface area contributed by atoms with Crippen LogP contribution in [0.4, 0.5) is 0 Å². The molecule has 1 amide bonds. The number of hydrogen-bond donors (Lipinski definition) is 2. The first-order valence-electron chi connectivity index (χ1n) is 6.16. The molecule has 8 heteroatoms. The van der Waals surface area contributed by atoms with Crippen LogP contribution in [0.5, 0.6) is 0 Å². The van der Waals surface area contributed by atoms with Gasteiger partial charge in [0.15, 0.2) is 0 Å². The zero-order valence-corrected chi connectivity index (χ0v) is 14.1. The number of aryl methyl sites for hydroxylation is 1. The average molecular weight is 352 g/mol. The molecule has 0 unspecified atom stereocenters. The molecule has 0 radical (unpaired) electrons. The summed E-state index contributed by atoms with van der Waals surface area (Å²) in [5, 5.41) is 6.74.